The van der Waals surface area contributed by atoms with Crippen LogP contribution in [0.3, 0.4) is 0 Å². The van der Waals surface area contributed by atoms with E-state index >= 15 is 0 Å². The van der Waals surface area contributed by atoms with Crippen LogP contribution < -0.4 is 0 Å². The van der Waals surface area contributed by atoms with Crippen LogP contribution in [0.5, 0.6) is 0 Å². The molecule has 0 saturated heterocycles. The first-order valence-electron chi connectivity index (χ1n) is 6.47. The molecule has 1 nitrogen and oxygen atoms in total. The molecule has 0 radical (unpaired) electrons. The summed E-state index contributed by atoms with van der Waals surface area (Å²) in [6, 6.07) is 0. The summed E-state index contributed by atoms with van der Waals surface area (Å²) in [5, 5.41) is 0. The van der Waals surface area contributed by atoms with Crippen LogP contribution in [0.15, 0.2) is 11.3 Å². The van der Waals surface area contributed by atoms with Gasteiger partial charge in [-0.15, -0.1) is 0 Å². The predicted octanol–water partition coefficient (Wildman–Crippen LogP) is 4.47. The van der Waals surface area contributed by atoms with Crippen molar-refractivity contribution in [2.75, 3.05) is 0 Å². The summed E-state index contributed by atoms with van der Waals surface area (Å²) < 4.78 is 6.27. The van der Waals surface area contributed by atoms with Gasteiger partial charge in [0.1, 0.15) is 0 Å². The largest absolute Gasteiger partial charge is 0.547 e. The predicted molar refractivity (Wildman–Crippen MR) is 67.3 cm³/mol. The van der Waals surface area contributed by atoms with Crippen molar-refractivity contribution in [2.45, 2.75) is 64.6 Å². The summed E-state index contributed by atoms with van der Waals surface area (Å²) in [6.45, 7) is 6.90. The zero-order valence-corrected chi connectivity index (χ0v) is 11.4. The van der Waals surface area contributed by atoms with Crippen molar-refractivity contribution in [3.8, 4) is 0 Å². The first kappa shape index (κ1) is 11.2. The molecule has 0 aliphatic heterocycles. The smallest absolute Gasteiger partial charge is 0.241 e. The van der Waals surface area contributed by atoms with Crippen LogP contribution in [0.1, 0.15) is 44.9 Å². The molecule has 1 unspecified atom stereocenters. The van der Waals surface area contributed by atoms with Gasteiger partial charge >= 0.3 is 0 Å². The second-order valence-corrected chi connectivity index (χ2v) is 10.4. The van der Waals surface area contributed by atoms with E-state index in [1.807, 2.05) is 0 Å². The van der Waals surface area contributed by atoms with Gasteiger partial charge in [0.25, 0.3) is 0 Å². The molecule has 0 bridgehead atoms. The van der Waals surface area contributed by atoms with Crippen molar-refractivity contribution in [1.82, 2.24) is 0 Å². The molecular formula is C13H24OSi. The van der Waals surface area contributed by atoms with Crippen LogP contribution in [-0.4, -0.2) is 8.32 Å². The van der Waals surface area contributed by atoms with Gasteiger partial charge in [-0.1, -0.05) is 6.42 Å². The maximum atomic E-state index is 6.27. The minimum atomic E-state index is -1.38. The van der Waals surface area contributed by atoms with E-state index in [1.54, 1.807) is 5.57 Å². The Kier molecular flexibility index (Phi) is 3.24. The Morgan fingerprint density at radius 2 is 1.73 bits per heavy atom. The Bertz CT molecular complexity index is 262. The highest BCUT2D eigenvalue weighted by atomic mass is 28.4. The Morgan fingerprint density at radius 3 is 2.47 bits per heavy atom. The SMILES string of the molecule is C[Si](C)(C)OC1=C2CCCCC2CCC1. The number of hydrogen-bond acceptors (Lipinski definition) is 1. The summed E-state index contributed by atoms with van der Waals surface area (Å²) in [7, 11) is -1.38. The third-order valence-electron chi connectivity index (χ3n) is 3.49. The van der Waals surface area contributed by atoms with Crippen molar-refractivity contribution in [3.05, 3.63) is 11.3 Å². The maximum Gasteiger partial charge on any atom is 0.241 e. The van der Waals surface area contributed by atoms with Crippen molar-refractivity contribution in [3.63, 3.8) is 0 Å². The molecule has 0 aromatic carbocycles. The summed E-state index contributed by atoms with van der Waals surface area (Å²) in [5.41, 5.74) is 1.70. The van der Waals surface area contributed by atoms with E-state index in [-0.39, 0.29) is 0 Å². The van der Waals surface area contributed by atoms with Crippen LogP contribution >= 0.6 is 0 Å². The summed E-state index contributed by atoms with van der Waals surface area (Å²) in [5.74, 6) is 2.30. The molecule has 1 fully saturated rings. The third kappa shape index (κ3) is 2.87. The Morgan fingerprint density at radius 1 is 1.00 bits per heavy atom. The molecule has 2 aliphatic rings. The van der Waals surface area contributed by atoms with Gasteiger partial charge in [0.05, 0.1) is 5.76 Å². The number of rotatable bonds is 2. The molecule has 86 valence electrons. The molecule has 0 heterocycles. The quantitative estimate of drug-likeness (QED) is 0.629. The lowest BCUT2D eigenvalue weighted by Gasteiger charge is -2.35. The fraction of sp³-hybridized carbons (Fsp3) is 0.846. The van der Waals surface area contributed by atoms with Crippen LogP contribution in [0, 0.1) is 5.92 Å². The molecule has 2 heteroatoms. The lowest BCUT2D eigenvalue weighted by molar-refractivity contribution is 0.309. The molecule has 0 N–H and O–H groups in total. The van der Waals surface area contributed by atoms with Gasteiger partial charge in [0.2, 0.25) is 8.32 Å². The molecule has 2 rings (SSSR count). The van der Waals surface area contributed by atoms with Crippen LogP contribution in [0.25, 0.3) is 0 Å². The number of allylic oxidation sites excluding steroid dienone is 2. The van der Waals surface area contributed by atoms with Crippen molar-refractivity contribution >= 4 is 8.32 Å². The molecule has 15 heavy (non-hydrogen) atoms. The normalized spacial score (nSPS) is 27.5. The first-order valence-corrected chi connectivity index (χ1v) is 9.88. The van der Waals surface area contributed by atoms with Crippen LogP contribution in [0.4, 0.5) is 0 Å². The van der Waals surface area contributed by atoms with E-state index in [0.717, 1.165) is 5.92 Å². The average molecular weight is 224 g/mol. The summed E-state index contributed by atoms with van der Waals surface area (Å²) in [4.78, 5) is 0. The van der Waals surface area contributed by atoms with E-state index in [9.17, 15) is 0 Å². The zero-order valence-electron chi connectivity index (χ0n) is 10.4. The van der Waals surface area contributed by atoms with E-state index in [4.69, 9.17) is 4.43 Å². The van der Waals surface area contributed by atoms with E-state index in [1.165, 1.54) is 50.7 Å². The van der Waals surface area contributed by atoms with Gasteiger partial charge < -0.3 is 4.43 Å². The maximum absolute atomic E-state index is 6.27. The fourth-order valence-electron chi connectivity index (χ4n) is 2.93. The van der Waals surface area contributed by atoms with E-state index < -0.39 is 8.32 Å². The number of hydrogen-bond donors (Lipinski definition) is 0. The lowest BCUT2D eigenvalue weighted by Crippen LogP contribution is -2.28. The highest BCUT2D eigenvalue weighted by Crippen LogP contribution is 2.40. The standard InChI is InChI=1S/C13H24OSi/c1-15(2,3)14-13-10-6-8-11-7-4-5-9-12(11)13/h11H,4-10H2,1-3H3. The molecule has 1 saturated carbocycles. The van der Waals surface area contributed by atoms with Crippen molar-refractivity contribution in [1.29, 1.82) is 0 Å². The van der Waals surface area contributed by atoms with Gasteiger partial charge in [-0.2, -0.15) is 0 Å². The van der Waals surface area contributed by atoms with Gasteiger partial charge in [0, 0.05) is 6.42 Å². The molecule has 0 amide bonds. The second-order valence-electron chi connectivity index (χ2n) is 6.00. The molecule has 0 spiro atoms. The van der Waals surface area contributed by atoms with Gasteiger partial charge in [0.15, 0.2) is 0 Å². The highest BCUT2D eigenvalue weighted by Gasteiger charge is 2.28. The molecule has 1 atom stereocenters. The third-order valence-corrected chi connectivity index (χ3v) is 4.34. The molecule has 0 aromatic rings. The fourth-order valence-corrected chi connectivity index (χ4v) is 3.90. The molecular weight excluding hydrogens is 200 g/mol. The Balaban J connectivity index is 2.15. The minimum absolute atomic E-state index is 0.888. The lowest BCUT2D eigenvalue weighted by atomic mass is 9.77. The summed E-state index contributed by atoms with van der Waals surface area (Å²) in [6.07, 6.45) is 9.58. The van der Waals surface area contributed by atoms with Crippen LogP contribution in [-0.2, 0) is 4.43 Å². The van der Waals surface area contributed by atoms with Crippen LogP contribution in [0.2, 0.25) is 19.6 Å². The Hall–Kier alpha value is -0.243. The monoisotopic (exact) mass is 224 g/mol. The average Bonchev–Trinajstić information content (AvgIpc) is 2.16. The highest BCUT2D eigenvalue weighted by molar-refractivity contribution is 6.70. The Labute approximate surface area is 95.0 Å². The minimum Gasteiger partial charge on any atom is -0.547 e. The second kappa shape index (κ2) is 4.32. The molecule has 2 aliphatic carbocycles. The molecule has 0 aromatic heterocycles. The zero-order chi connectivity index (χ0) is 10.9. The van der Waals surface area contributed by atoms with E-state index in [0.29, 0.717) is 0 Å². The van der Waals surface area contributed by atoms with Gasteiger partial charge in [-0.05, 0) is 63.2 Å². The van der Waals surface area contributed by atoms with E-state index in [2.05, 4.69) is 19.6 Å². The van der Waals surface area contributed by atoms with Crippen molar-refractivity contribution in [2.24, 2.45) is 5.92 Å². The summed E-state index contributed by atoms with van der Waals surface area (Å²) >= 11 is 0. The first-order chi connectivity index (χ1) is 7.06. The topological polar surface area (TPSA) is 9.23 Å². The van der Waals surface area contributed by atoms with Gasteiger partial charge in [-0.25, -0.2) is 0 Å². The number of fused-ring (bicyclic) bond motifs is 1. The van der Waals surface area contributed by atoms with Crippen molar-refractivity contribution < 1.29 is 4.43 Å². The van der Waals surface area contributed by atoms with Gasteiger partial charge in [-0.3, -0.25) is 0 Å².